The summed E-state index contributed by atoms with van der Waals surface area (Å²) >= 11 is 6.32. The van der Waals surface area contributed by atoms with E-state index in [1.165, 1.54) is 24.1 Å². The van der Waals surface area contributed by atoms with E-state index in [0.29, 0.717) is 35.3 Å². The molecule has 4 rings (SSSR count). The van der Waals surface area contributed by atoms with E-state index in [4.69, 9.17) is 25.6 Å². The molecule has 3 aromatic rings. The van der Waals surface area contributed by atoms with Crippen molar-refractivity contribution in [3.8, 4) is 11.5 Å². The predicted octanol–water partition coefficient (Wildman–Crippen LogP) is 3.02. The molecule has 0 atom stereocenters. The Labute approximate surface area is 189 Å². The van der Waals surface area contributed by atoms with E-state index >= 15 is 0 Å². The molecule has 1 aromatic heterocycles. The monoisotopic (exact) mass is 478 g/mol. The summed E-state index contributed by atoms with van der Waals surface area (Å²) in [5.74, 6) is 1.21. The van der Waals surface area contributed by atoms with E-state index in [2.05, 4.69) is 14.9 Å². The summed E-state index contributed by atoms with van der Waals surface area (Å²) in [5.41, 5.74) is 0.652. The Bertz CT molecular complexity index is 1260. The normalized spacial score (nSPS) is 13.5. The third kappa shape index (κ3) is 4.34. The molecule has 12 heteroatoms. The first-order valence-corrected chi connectivity index (χ1v) is 11.4. The van der Waals surface area contributed by atoms with Gasteiger partial charge in [-0.15, -0.1) is 0 Å². The minimum atomic E-state index is -4.03. The molecule has 2 heterocycles. The molecule has 1 aliphatic heterocycles. The van der Waals surface area contributed by atoms with Gasteiger partial charge >= 0.3 is 0 Å². The molecule has 0 spiro atoms. The fourth-order valence-electron chi connectivity index (χ4n) is 3.09. The van der Waals surface area contributed by atoms with Gasteiger partial charge in [-0.25, -0.2) is 8.42 Å². The number of fused-ring (bicyclic) bond motifs is 1. The number of carbonyl (C=O) groups excluding carboxylic acids is 1. The third-order valence-corrected chi connectivity index (χ3v) is 6.55. The Morgan fingerprint density at radius 2 is 2.00 bits per heavy atom. The molecule has 0 saturated carbocycles. The van der Waals surface area contributed by atoms with Gasteiger partial charge in [-0.3, -0.25) is 14.4 Å². The Hall–Kier alpha value is -3.31. The highest BCUT2D eigenvalue weighted by molar-refractivity contribution is 7.92. The van der Waals surface area contributed by atoms with Crippen molar-refractivity contribution in [1.82, 2.24) is 10.1 Å². The number of rotatable bonds is 7. The number of halogens is 1. The fraction of sp³-hybridized carbons (Fsp3) is 0.250. The standard InChI is InChI=1S/C20H19ClN4O6S/c1-3-19-22-18(23-31-19)10-25-15-8-14(21)17(9-16(15)30-11-20(25)26)32(27,28)24-12-4-6-13(29-2)7-5-12/h4-9,24H,3,10-11H2,1-2H3. The van der Waals surface area contributed by atoms with Crippen LogP contribution in [0.25, 0.3) is 0 Å². The minimum absolute atomic E-state index is 0.0330. The van der Waals surface area contributed by atoms with Crippen LogP contribution in [-0.4, -0.2) is 38.2 Å². The van der Waals surface area contributed by atoms with Gasteiger partial charge in [-0.05, 0) is 30.3 Å². The topological polar surface area (TPSA) is 124 Å². The van der Waals surface area contributed by atoms with Gasteiger partial charge in [-0.1, -0.05) is 23.7 Å². The number of hydrogen-bond donors (Lipinski definition) is 1. The number of methoxy groups -OCH3 is 1. The molecule has 0 fully saturated rings. The molecule has 0 aliphatic carbocycles. The third-order valence-electron chi connectivity index (χ3n) is 4.70. The lowest BCUT2D eigenvalue weighted by Gasteiger charge is -2.29. The number of benzene rings is 2. The summed E-state index contributed by atoms with van der Waals surface area (Å²) < 4.78 is 44.0. The van der Waals surface area contributed by atoms with E-state index < -0.39 is 10.0 Å². The molecule has 10 nitrogen and oxygen atoms in total. The average molecular weight is 479 g/mol. The SMILES string of the molecule is CCc1nc(CN2C(=O)COc3cc(S(=O)(=O)Nc4ccc(OC)cc4)c(Cl)cc32)no1. The number of anilines is 2. The molecule has 0 unspecified atom stereocenters. The van der Waals surface area contributed by atoms with Crippen LogP contribution < -0.4 is 19.1 Å². The minimum Gasteiger partial charge on any atom is -0.497 e. The molecular weight excluding hydrogens is 460 g/mol. The lowest BCUT2D eigenvalue weighted by molar-refractivity contribution is -0.121. The molecule has 2 aromatic carbocycles. The summed E-state index contributed by atoms with van der Waals surface area (Å²) in [6.07, 6.45) is 0.564. The van der Waals surface area contributed by atoms with Crippen molar-refractivity contribution >= 4 is 38.9 Å². The second kappa shape index (κ2) is 8.67. The fourth-order valence-corrected chi connectivity index (χ4v) is 4.69. The lowest BCUT2D eigenvalue weighted by Crippen LogP contribution is -2.38. The number of aromatic nitrogens is 2. The second-order valence-corrected chi connectivity index (χ2v) is 8.87. The molecule has 1 N–H and O–H groups in total. The summed E-state index contributed by atoms with van der Waals surface area (Å²) in [5, 5.41) is 3.78. The zero-order valence-electron chi connectivity index (χ0n) is 17.2. The highest BCUT2D eigenvalue weighted by Crippen LogP contribution is 2.39. The van der Waals surface area contributed by atoms with Crippen LogP contribution in [0.15, 0.2) is 45.8 Å². The van der Waals surface area contributed by atoms with Crippen molar-refractivity contribution in [1.29, 1.82) is 0 Å². The highest BCUT2D eigenvalue weighted by atomic mass is 35.5. The Morgan fingerprint density at radius 1 is 1.25 bits per heavy atom. The zero-order chi connectivity index (χ0) is 22.9. The first-order chi connectivity index (χ1) is 15.3. The quantitative estimate of drug-likeness (QED) is 0.549. The van der Waals surface area contributed by atoms with Gasteiger partial charge in [0.25, 0.3) is 15.9 Å². The number of ether oxygens (including phenoxy) is 2. The maximum atomic E-state index is 12.9. The maximum Gasteiger partial charge on any atom is 0.265 e. The molecule has 168 valence electrons. The summed E-state index contributed by atoms with van der Waals surface area (Å²) in [6.45, 7) is 1.64. The summed E-state index contributed by atoms with van der Waals surface area (Å²) in [4.78, 5) is 17.9. The van der Waals surface area contributed by atoms with Crippen molar-refractivity contribution in [2.24, 2.45) is 0 Å². The van der Waals surface area contributed by atoms with Crippen molar-refractivity contribution in [3.05, 3.63) is 53.1 Å². The summed E-state index contributed by atoms with van der Waals surface area (Å²) in [7, 11) is -2.52. The molecule has 0 saturated heterocycles. The van der Waals surface area contributed by atoms with Crippen LogP contribution in [0.2, 0.25) is 5.02 Å². The Balaban J connectivity index is 1.64. The number of sulfonamides is 1. The Morgan fingerprint density at radius 3 is 2.66 bits per heavy atom. The van der Waals surface area contributed by atoms with Gasteiger partial charge in [0.2, 0.25) is 5.89 Å². The van der Waals surface area contributed by atoms with Crippen LogP contribution in [0.3, 0.4) is 0 Å². The van der Waals surface area contributed by atoms with Crippen LogP contribution in [-0.2, 0) is 27.8 Å². The smallest absolute Gasteiger partial charge is 0.265 e. The second-order valence-electron chi connectivity index (χ2n) is 6.81. The van der Waals surface area contributed by atoms with E-state index in [-0.39, 0.29) is 34.7 Å². The van der Waals surface area contributed by atoms with Gasteiger partial charge in [0.15, 0.2) is 12.4 Å². The highest BCUT2D eigenvalue weighted by Gasteiger charge is 2.30. The van der Waals surface area contributed by atoms with Crippen LogP contribution in [0.5, 0.6) is 11.5 Å². The molecule has 1 amide bonds. The predicted molar refractivity (Wildman–Crippen MR) is 116 cm³/mol. The average Bonchev–Trinajstić information content (AvgIpc) is 3.23. The molecule has 0 bridgehead atoms. The first-order valence-electron chi connectivity index (χ1n) is 9.55. The Kier molecular flexibility index (Phi) is 5.94. The first kappa shape index (κ1) is 21.9. The van der Waals surface area contributed by atoms with Gasteiger partial charge < -0.3 is 14.0 Å². The van der Waals surface area contributed by atoms with E-state index in [0.717, 1.165) is 0 Å². The maximum absolute atomic E-state index is 12.9. The zero-order valence-corrected chi connectivity index (χ0v) is 18.7. The van der Waals surface area contributed by atoms with Crippen molar-refractivity contribution in [3.63, 3.8) is 0 Å². The van der Waals surface area contributed by atoms with Crippen LogP contribution in [0.1, 0.15) is 18.6 Å². The van der Waals surface area contributed by atoms with E-state index in [1.54, 1.807) is 24.3 Å². The number of carbonyl (C=O) groups is 1. The lowest BCUT2D eigenvalue weighted by atomic mass is 10.2. The van der Waals surface area contributed by atoms with E-state index in [9.17, 15) is 13.2 Å². The van der Waals surface area contributed by atoms with Crippen LogP contribution >= 0.6 is 11.6 Å². The van der Waals surface area contributed by atoms with Crippen molar-refractivity contribution in [2.45, 2.75) is 24.8 Å². The number of aryl methyl sites for hydroxylation is 1. The largest absolute Gasteiger partial charge is 0.497 e. The van der Waals surface area contributed by atoms with Gasteiger partial charge in [0.05, 0.1) is 24.4 Å². The van der Waals surface area contributed by atoms with Crippen molar-refractivity contribution < 1.29 is 27.2 Å². The number of nitrogens with one attached hydrogen (secondary N) is 1. The molecular formula is C20H19ClN4O6S. The van der Waals surface area contributed by atoms with Gasteiger partial charge in [0, 0.05) is 18.2 Å². The summed E-state index contributed by atoms with van der Waals surface area (Å²) in [6, 6.07) is 9.04. The molecule has 0 radical (unpaired) electrons. The molecule has 1 aliphatic rings. The van der Waals surface area contributed by atoms with Gasteiger partial charge in [-0.2, -0.15) is 4.98 Å². The van der Waals surface area contributed by atoms with E-state index in [1.807, 2.05) is 6.92 Å². The van der Waals surface area contributed by atoms with Crippen molar-refractivity contribution in [2.75, 3.05) is 23.3 Å². The number of hydrogen-bond acceptors (Lipinski definition) is 8. The van der Waals surface area contributed by atoms with Gasteiger partial charge in [0.1, 0.15) is 16.4 Å². The number of nitrogens with zero attached hydrogens (tertiary/aromatic N) is 3. The van der Waals surface area contributed by atoms with Crippen LogP contribution in [0.4, 0.5) is 11.4 Å². The number of amides is 1. The van der Waals surface area contributed by atoms with Crippen LogP contribution in [0, 0.1) is 0 Å². The molecule has 32 heavy (non-hydrogen) atoms.